The van der Waals surface area contributed by atoms with Crippen LogP contribution in [0.1, 0.15) is 37.4 Å². The van der Waals surface area contributed by atoms with Crippen molar-refractivity contribution in [1.82, 2.24) is 14.7 Å². The standard InChI is InChI=1S/C13H16N4O2.ClH/c14-13(6-2-3-7-13)12-15-10(19-16-12)9-17-8-4-1-5-11(17)18;/h1,4-5,8H,2-3,6-7,9,14H2;1H. The van der Waals surface area contributed by atoms with E-state index in [9.17, 15) is 4.79 Å². The maximum Gasteiger partial charge on any atom is 0.250 e. The van der Waals surface area contributed by atoms with Gasteiger partial charge in [0.25, 0.3) is 5.56 Å². The molecule has 1 saturated carbocycles. The summed E-state index contributed by atoms with van der Waals surface area (Å²) in [5.41, 5.74) is 5.72. The number of nitrogens with zero attached hydrogens (tertiary/aromatic N) is 3. The Bertz CT molecular complexity index is 631. The number of pyridine rings is 1. The Morgan fingerprint density at radius 3 is 2.80 bits per heavy atom. The van der Waals surface area contributed by atoms with Gasteiger partial charge in [0.2, 0.25) is 5.89 Å². The lowest BCUT2D eigenvalue weighted by Crippen LogP contribution is -2.34. The van der Waals surface area contributed by atoms with Crippen LogP contribution in [-0.2, 0) is 12.1 Å². The molecule has 1 aliphatic rings. The van der Waals surface area contributed by atoms with E-state index in [-0.39, 0.29) is 24.5 Å². The summed E-state index contributed by atoms with van der Waals surface area (Å²) in [6, 6.07) is 4.99. The van der Waals surface area contributed by atoms with Crippen LogP contribution in [-0.4, -0.2) is 14.7 Å². The Morgan fingerprint density at radius 1 is 1.35 bits per heavy atom. The highest BCUT2D eigenvalue weighted by atomic mass is 35.5. The largest absolute Gasteiger partial charge is 0.337 e. The SMILES string of the molecule is Cl.NC1(c2noc(Cn3ccccc3=O)n2)CCCC1. The Kier molecular flexibility index (Phi) is 4.25. The Balaban J connectivity index is 0.00000147. The van der Waals surface area contributed by atoms with Gasteiger partial charge >= 0.3 is 0 Å². The minimum absolute atomic E-state index is 0. The molecule has 108 valence electrons. The lowest BCUT2D eigenvalue weighted by Gasteiger charge is -2.17. The van der Waals surface area contributed by atoms with E-state index in [0.717, 1.165) is 25.7 Å². The van der Waals surface area contributed by atoms with Crippen molar-refractivity contribution in [3.63, 3.8) is 0 Å². The normalized spacial score (nSPS) is 16.9. The fourth-order valence-electron chi connectivity index (χ4n) is 2.49. The molecule has 0 saturated heterocycles. The molecule has 0 radical (unpaired) electrons. The van der Waals surface area contributed by atoms with Gasteiger partial charge in [-0.1, -0.05) is 24.1 Å². The number of rotatable bonds is 3. The minimum atomic E-state index is -0.455. The zero-order valence-electron chi connectivity index (χ0n) is 11.0. The number of hydrogen-bond donors (Lipinski definition) is 1. The van der Waals surface area contributed by atoms with E-state index < -0.39 is 5.54 Å². The van der Waals surface area contributed by atoms with Crippen LogP contribution >= 0.6 is 12.4 Å². The third kappa shape index (κ3) is 2.76. The Labute approximate surface area is 122 Å². The van der Waals surface area contributed by atoms with E-state index in [0.29, 0.717) is 11.7 Å². The van der Waals surface area contributed by atoms with Crippen LogP contribution in [0.2, 0.25) is 0 Å². The summed E-state index contributed by atoms with van der Waals surface area (Å²) in [5.74, 6) is 0.976. The topological polar surface area (TPSA) is 86.9 Å². The second-order valence-electron chi connectivity index (χ2n) is 5.04. The molecule has 3 rings (SSSR count). The van der Waals surface area contributed by atoms with Gasteiger partial charge in [-0.15, -0.1) is 12.4 Å². The van der Waals surface area contributed by atoms with Gasteiger partial charge in [0.1, 0.15) is 6.54 Å². The Morgan fingerprint density at radius 2 is 2.10 bits per heavy atom. The molecule has 1 aliphatic carbocycles. The van der Waals surface area contributed by atoms with Crippen molar-refractivity contribution < 1.29 is 4.52 Å². The quantitative estimate of drug-likeness (QED) is 0.926. The zero-order valence-corrected chi connectivity index (χ0v) is 11.8. The van der Waals surface area contributed by atoms with Gasteiger partial charge in [-0.05, 0) is 18.9 Å². The van der Waals surface area contributed by atoms with Gasteiger partial charge in [0.05, 0.1) is 5.54 Å². The van der Waals surface area contributed by atoms with E-state index >= 15 is 0 Å². The predicted octanol–water partition coefficient (Wildman–Crippen LogP) is 1.43. The van der Waals surface area contributed by atoms with Crippen molar-refractivity contribution in [1.29, 1.82) is 0 Å². The highest BCUT2D eigenvalue weighted by Gasteiger charge is 2.35. The number of hydrogen-bond acceptors (Lipinski definition) is 5. The molecule has 2 aromatic heterocycles. The van der Waals surface area contributed by atoms with Crippen molar-refractivity contribution in [2.45, 2.75) is 37.8 Å². The van der Waals surface area contributed by atoms with Crippen molar-refractivity contribution in [2.24, 2.45) is 5.73 Å². The van der Waals surface area contributed by atoms with Crippen LogP contribution in [0.15, 0.2) is 33.7 Å². The molecular weight excluding hydrogens is 280 g/mol. The highest BCUT2D eigenvalue weighted by Crippen LogP contribution is 2.34. The summed E-state index contributed by atoms with van der Waals surface area (Å²) in [6.45, 7) is 0.281. The molecule has 2 heterocycles. The van der Waals surface area contributed by atoms with Crippen LogP contribution in [0, 0.1) is 0 Å². The van der Waals surface area contributed by atoms with Crippen LogP contribution in [0.3, 0.4) is 0 Å². The fourth-order valence-corrected chi connectivity index (χ4v) is 2.49. The van der Waals surface area contributed by atoms with Gasteiger partial charge in [-0.3, -0.25) is 4.79 Å². The van der Waals surface area contributed by atoms with Crippen LogP contribution in [0.4, 0.5) is 0 Å². The van der Waals surface area contributed by atoms with Gasteiger partial charge in [0.15, 0.2) is 5.82 Å². The van der Waals surface area contributed by atoms with Crippen LogP contribution in [0.25, 0.3) is 0 Å². The molecule has 0 amide bonds. The molecule has 20 heavy (non-hydrogen) atoms. The van der Waals surface area contributed by atoms with Gasteiger partial charge in [-0.2, -0.15) is 4.98 Å². The lowest BCUT2D eigenvalue weighted by atomic mass is 9.99. The Hall–Kier alpha value is -1.66. The fraction of sp³-hybridized carbons (Fsp3) is 0.462. The van der Waals surface area contributed by atoms with E-state index in [1.807, 2.05) is 0 Å². The highest BCUT2D eigenvalue weighted by molar-refractivity contribution is 5.85. The first-order chi connectivity index (χ1) is 9.17. The average Bonchev–Trinajstić information content (AvgIpc) is 3.02. The minimum Gasteiger partial charge on any atom is -0.337 e. The van der Waals surface area contributed by atoms with E-state index in [4.69, 9.17) is 10.3 Å². The monoisotopic (exact) mass is 296 g/mol. The number of nitrogens with two attached hydrogens (primary N) is 1. The van der Waals surface area contributed by atoms with Gasteiger partial charge in [-0.25, -0.2) is 0 Å². The van der Waals surface area contributed by atoms with Gasteiger partial charge < -0.3 is 14.8 Å². The summed E-state index contributed by atoms with van der Waals surface area (Å²) in [6.07, 6.45) is 5.66. The first kappa shape index (κ1) is 14.7. The molecule has 0 spiro atoms. The average molecular weight is 297 g/mol. The molecule has 0 bridgehead atoms. The maximum absolute atomic E-state index is 11.6. The number of halogens is 1. The molecular formula is C13H17ClN4O2. The van der Waals surface area contributed by atoms with Crippen molar-refractivity contribution in [2.75, 3.05) is 0 Å². The molecule has 0 atom stereocenters. The third-order valence-corrected chi connectivity index (χ3v) is 3.61. The molecule has 1 fully saturated rings. The summed E-state index contributed by atoms with van der Waals surface area (Å²) < 4.78 is 6.72. The zero-order chi connectivity index (χ0) is 13.3. The molecule has 2 aromatic rings. The summed E-state index contributed by atoms with van der Waals surface area (Å²) in [7, 11) is 0. The number of aromatic nitrogens is 3. The van der Waals surface area contributed by atoms with Crippen molar-refractivity contribution in [3.8, 4) is 0 Å². The first-order valence-electron chi connectivity index (χ1n) is 6.45. The van der Waals surface area contributed by atoms with Crippen molar-refractivity contribution in [3.05, 3.63) is 46.5 Å². The summed E-state index contributed by atoms with van der Waals surface area (Å²) >= 11 is 0. The lowest BCUT2D eigenvalue weighted by molar-refractivity contribution is 0.344. The molecule has 7 heteroatoms. The summed E-state index contributed by atoms with van der Waals surface area (Å²) in [4.78, 5) is 15.9. The smallest absolute Gasteiger partial charge is 0.250 e. The second kappa shape index (κ2) is 5.76. The first-order valence-corrected chi connectivity index (χ1v) is 6.45. The molecule has 2 N–H and O–H groups in total. The molecule has 0 unspecified atom stereocenters. The molecule has 6 nitrogen and oxygen atoms in total. The van der Waals surface area contributed by atoms with E-state index in [2.05, 4.69) is 10.1 Å². The maximum atomic E-state index is 11.6. The van der Waals surface area contributed by atoms with E-state index in [1.54, 1.807) is 18.3 Å². The van der Waals surface area contributed by atoms with Crippen molar-refractivity contribution >= 4 is 12.4 Å². The predicted molar refractivity (Wildman–Crippen MR) is 75.7 cm³/mol. The second-order valence-corrected chi connectivity index (χ2v) is 5.04. The van der Waals surface area contributed by atoms with E-state index in [1.165, 1.54) is 10.6 Å². The van der Waals surface area contributed by atoms with Crippen LogP contribution < -0.4 is 11.3 Å². The summed E-state index contributed by atoms with van der Waals surface area (Å²) in [5, 5.41) is 3.97. The molecule has 0 aliphatic heterocycles. The van der Waals surface area contributed by atoms with Gasteiger partial charge in [0, 0.05) is 12.3 Å². The van der Waals surface area contributed by atoms with Crippen LogP contribution in [0.5, 0.6) is 0 Å². The molecule has 0 aromatic carbocycles. The third-order valence-electron chi connectivity index (χ3n) is 3.61.